The maximum absolute atomic E-state index is 14.7. The monoisotopic (exact) mass is 408 g/mol. The van der Waals surface area contributed by atoms with Crippen LogP contribution in [-0.4, -0.2) is 41.1 Å². The summed E-state index contributed by atoms with van der Waals surface area (Å²) in [6.45, 7) is 13.0. The minimum Gasteiger partial charge on any atom is -0.444 e. The molecule has 0 atom stereocenters. The average molecular weight is 408 g/mol. The van der Waals surface area contributed by atoms with Gasteiger partial charge in [0, 0.05) is 24.8 Å². The van der Waals surface area contributed by atoms with E-state index in [4.69, 9.17) is 14.0 Å². The zero-order valence-corrected chi connectivity index (χ0v) is 18.2. The van der Waals surface area contributed by atoms with Crippen LogP contribution < -0.4 is 10.9 Å². The van der Waals surface area contributed by atoms with E-state index in [1.54, 1.807) is 33.0 Å². The van der Waals surface area contributed by atoms with Crippen molar-refractivity contribution in [2.75, 3.05) is 6.54 Å². The van der Waals surface area contributed by atoms with E-state index in [-0.39, 0.29) is 24.2 Å². The molecule has 0 unspecified atom stereocenters. The standard InChI is InChI=1S/C20H30BFN2O5/c1-18(2,3)27-17(26)23-10-12-24-11-8-9-14(16(24)25)13-15(22)21-28-19(4,5)20(6,7)29-21/h8-9,11,13H,10,12H2,1-7H3,(H,23,26). The molecule has 0 radical (unpaired) electrons. The molecule has 0 saturated carbocycles. The fraction of sp³-hybridized carbons (Fsp3) is 0.600. The summed E-state index contributed by atoms with van der Waals surface area (Å²) < 4.78 is 32.6. The number of halogens is 1. The Kier molecular flexibility index (Phi) is 6.64. The van der Waals surface area contributed by atoms with Crippen molar-refractivity contribution in [2.45, 2.75) is 71.8 Å². The number of pyridine rings is 1. The molecule has 1 aromatic rings. The normalized spacial score (nSPS) is 18.6. The molecule has 1 amide bonds. The minimum atomic E-state index is -1.16. The number of aromatic nitrogens is 1. The lowest BCUT2D eigenvalue weighted by Gasteiger charge is -2.32. The molecule has 1 aromatic heterocycles. The van der Waals surface area contributed by atoms with Crippen LogP contribution in [0.25, 0.3) is 6.08 Å². The minimum absolute atomic E-state index is 0.164. The van der Waals surface area contributed by atoms with E-state index in [1.165, 1.54) is 10.6 Å². The highest BCUT2D eigenvalue weighted by molar-refractivity contribution is 6.54. The first kappa shape index (κ1) is 23.2. The van der Waals surface area contributed by atoms with Gasteiger partial charge in [0.1, 0.15) is 11.3 Å². The largest absolute Gasteiger partial charge is 0.525 e. The van der Waals surface area contributed by atoms with Crippen LogP contribution in [0.4, 0.5) is 9.18 Å². The molecule has 1 saturated heterocycles. The summed E-state index contributed by atoms with van der Waals surface area (Å²) in [5.74, 6) is 0. The second-order valence-corrected chi connectivity index (χ2v) is 9.01. The summed E-state index contributed by atoms with van der Waals surface area (Å²) in [4.78, 5) is 24.3. The van der Waals surface area contributed by atoms with Gasteiger partial charge in [0.25, 0.3) is 5.56 Å². The first-order valence-electron chi connectivity index (χ1n) is 9.61. The Morgan fingerprint density at radius 1 is 1.28 bits per heavy atom. The summed E-state index contributed by atoms with van der Waals surface area (Å²) in [5, 5.41) is 2.59. The number of nitrogens with zero attached hydrogens (tertiary/aromatic N) is 1. The highest BCUT2D eigenvalue weighted by Gasteiger charge is 2.53. The molecule has 1 fully saturated rings. The van der Waals surface area contributed by atoms with Crippen molar-refractivity contribution < 1.29 is 23.2 Å². The van der Waals surface area contributed by atoms with Gasteiger partial charge in [0.05, 0.1) is 11.2 Å². The van der Waals surface area contributed by atoms with Gasteiger partial charge >= 0.3 is 13.2 Å². The van der Waals surface area contributed by atoms with Crippen LogP contribution >= 0.6 is 0 Å². The molecule has 1 aliphatic rings. The SMILES string of the molecule is CC(C)(C)OC(=O)NCCn1cccc(C=C(F)B2OC(C)(C)C(C)(C)O2)c1=O. The number of hydrogen-bond acceptors (Lipinski definition) is 5. The second-order valence-electron chi connectivity index (χ2n) is 9.01. The average Bonchev–Trinajstić information content (AvgIpc) is 2.77. The second kappa shape index (κ2) is 8.32. The lowest BCUT2D eigenvalue weighted by molar-refractivity contribution is 0.00578. The molecule has 0 bridgehead atoms. The molecule has 9 heteroatoms. The van der Waals surface area contributed by atoms with Crippen molar-refractivity contribution in [3.63, 3.8) is 0 Å². The fourth-order valence-corrected chi connectivity index (χ4v) is 2.61. The third-order valence-corrected chi connectivity index (χ3v) is 4.84. The number of carbonyl (C=O) groups excluding carboxylic acids is 1. The van der Waals surface area contributed by atoms with E-state index in [2.05, 4.69) is 5.32 Å². The van der Waals surface area contributed by atoms with Gasteiger partial charge in [-0.25, -0.2) is 9.18 Å². The third-order valence-electron chi connectivity index (χ3n) is 4.84. The Balaban J connectivity index is 2.06. The molecule has 0 spiro atoms. The van der Waals surface area contributed by atoms with Gasteiger partial charge < -0.3 is 23.9 Å². The van der Waals surface area contributed by atoms with Crippen LogP contribution in [0.5, 0.6) is 0 Å². The first-order chi connectivity index (χ1) is 13.2. The molecule has 0 aromatic carbocycles. The van der Waals surface area contributed by atoms with Gasteiger partial charge in [-0.2, -0.15) is 0 Å². The van der Waals surface area contributed by atoms with Crippen molar-refractivity contribution in [1.82, 2.24) is 9.88 Å². The van der Waals surface area contributed by atoms with E-state index in [1.807, 2.05) is 27.7 Å². The topological polar surface area (TPSA) is 78.8 Å². The van der Waals surface area contributed by atoms with Crippen molar-refractivity contribution in [2.24, 2.45) is 0 Å². The zero-order valence-electron chi connectivity index (χ0n) is 18.2. The highest BCUT2D eigenvalue weighted by Crippen LogP contribution is 2.38. The predicted molar refractivity (Wildman–Crippen MR) is 110 cm³/mol. The van der Waals surface area contributed by atoms with E-state index < -0.39 is 35.7 Å². The van der Waals surface area contributed by atoms with E-state index in [0.29, 0.717) is 0 Å². The van der Waals surface area contributed by atoms with Crippen molar-refractivity contribution in [3.8, 4) is 0 Å². The highest BCUT2D eigenvalue weighted by atomic mass is 19.1. The maximum Gasteiger partial charge on any atom is 0.525 e. The Labute approximate surface area is 171 Å². The molecular formula is C20H30BFN2O5. The van der Waals surface area contributed by atoms with Crippen LogP contribution in [0.2, 0.25) is 0 Å². The van der Waals surface area contributed by atoms with Crippen molar-refractivity contribution in [1.29, 1.82) is 0 Å². The molecule has 0 aliphatic carbocycles. The third kappa shape index (κ3) is 5.93. The van der Waals surface area contributed by atoms with Crippen LogP contribution in [0, 0.1) is 0 Å². The fourth-order valence-electron chi connectivity index (χ4n) is 2.61. The lowest BCUT2D eigenvalue weighted by atomic mass is 9.87. The predicted octanol–water partition coefficient (Wildman–Crippen LogP) is 3.31. The number of rotatable bonds is 5. The smallest absolute Gasteiger partial charge is 0.444 e. The Hall–Kier alpha value is -2.13. The zero-order chi connectivity index (χ0) is 22.0. The summed E-state index contributed by atoms with van der Waals surface area (Å²) in [6, 6.07) is 3.16. The number of alkyl carbamates (subject to hydrolysis) is 1. The number of ether oxygens (including phenoxy) is 1. The molecule has 160 valence electrons. The summed E-state index contributed by atoms with van der Waals surface area (Å²) in [5.41, 5.74) is -2.84. The van der Waals surface area contributed by atoms with Gasteiger partial charge in [0.2, 0.25) is 0 Å². The summed E-state index contributed by atoms with van der Waals surface area (Å²) in [7, 11) is -1.16. The first-order valence-corrected chi connectivity index (χ1v) is 9.61. The van der Waals surface area contributed by atoms with E-state index in [0.717, 1.165) is 6.08 Å². The van der Waals surface area contributed by atoms with Gasteiger partial charge in [-0.15, -0.1) is 0 Å². The summed E-state index contributed by atoms with van der Waals surface area (Å²) >= 11 is 0. The van der Waals surface area contributed by atoms with Crippen LogP contribution in [0.15, 0.2) is 28.9 Å². The summed E-state index contributed by atoms with van der Waals surface area (Å²) in [6.07, 6.45) is 2.14. The quantitative estimate of drug-likeness (QED) is 0.757. The molecule has 1 N–H and O–H groups in total. The molecule has 7 nitrogen and oxygen atoms in total. The number of amides is 1. The Morgan fingerprint density at radius 3 is 2.41 bits per heavy atom. The molecule has 1 aliphatic heterocycles. The van der Waals surface area contributed by atoms with Gasteiger partial charge in [-0.1, -0.05) is 0 Å². The molecule has 2 rings (SSSR count). The molecular weight excluding hydrogens is 378 g/mol. The number of hydrogen-bond donors (Lipinski definition) is 1. The van der Waals surface area contributed by atoms with Gasteiger partial charge in [-0.3, -0.25) is 4.79 Å². The molecule has 29 heavy (non-hydrogen) atoms. The Morgan fingerprint density at radius 2 is 1.86 bits per heavy atom. The van der Waals surface area contributed by atoms with Crippen LogP contribution in [0.1, 0.15) is 54.0 Å². The Bertz CT molecular complexity index is 826. The number of nitrogens with one attached hydrogen (secondary N) is 1. The van der Waals surface area contributed by atoms with E-state index >= 15 is 0 Å². The van der Waals surface area contributed by atoms with Crippen LogP contribution in [-0.2, 0) is 20.6 Å². The van der Waals surface area contributed by atoms with Crippen molar-refractivity contribution >= 4 is 19.3 Å². The molecule has 2 heterocycles. The van der Waals surface area contributed by atoms with Crippen molar-refractivity contribution in [3.05, 3.63) is 40.0 Å². The lowest BCUT2D eigenvalue weighted by Crippen LogP contribution is -2.41. The van der Waals surface area contributed by atoms with Crippen LogP contribution in [0.3, 0.4) is 0 Å². The van der Waals surface area contributed by atoms with E-state index in [9.17, 15) is 14.0 Å². The van der Waals surface area contributed by atoms with Gasteiger partial charge in [-0.05, 0) is 66.7 Å². The maximum atomic E-state index is 14.7. The van der Waals surface area contributed by atoms with Gasteiger partial charge in [0.15, 0.2) is 0 Å². The number of carbonyl (C=O) groups is 1.